The zero-order chi connectivity index (χ0) is 13.0. The van der Waals surface area contributed by atoms with Crippen molar-refractivity contribution in [1.82, 2.24) is 15.3 Å². The highest BCUT2D eigenvalue weighted by Gasteiger charge is 2.11. The van der Waals surface area contributed by atoms with Crippen LogP contribution in [0.5, 0.6) is 0 Å². The molecule has 0 radical (unpaired) electrons. The second-order valence-electron chi connectivity index (χ2n) is 3.85. The summed E-state index contributed by atoms with van der Waals surface area (Å²) in [5, 5.41) is 5.61. The summed E-state index contributed by atoms with van der Waals surface area (Å²) in [7, 11) is 0. The van der Waals surface area contributed by atoms with Crippen molar-refractivity contribution in [3.63, 3.8) is 0 Å². The highest BCUT2D eigenvalue weighted by atomic mass is 32.1. The fourth-order valence-corrected chi connectivity index (χ4v) is 2.16. The van der Waals surface area contributed by atoms with Crippen LogP contribution in [0.2, 0.25) is 0 Å². The molecular formula is C12H12FN3OS. The summed E-state index contributed by atoms with van der Waals surface area (Å²) >= 11 is 1.55. The third-order valence-electron chi connectivity index (χ3n) is 2.43. The normalized spacial score (nSPS) is 12.1. The summed E-state index contributed by atoms with van der Waals surface area (Å²) in [6.45, 7) is 2.45. The topological polar surface area (TPSA) is 54.9 Å². The second-order valence-corrected chi connectivity index (χ2v) is 4.77. The molecule has 0 aliphatic carbocycles. The number of rotatable bonds is 4. The molecule has 2 aromatic heterocycles. The van der Waals surface area contributed by atoms with Crippen LogP contribution < -0.4 is 5.32 Å². The molecule has 0 fully saturated rings. The van der Waals surface area contributed by atoms with Crippen molar-refractivity contribution in [1.29, 1.82) is 0 Å². The van der Waals surface area contributed by atoms with Crippen molar-refractivity contribution < 1.29 is 9.18 Å². The molecule has 6 heteroatoms. The van der Waals surface area contributed by atoms with E-state index in [0.717, 1.165) is 11.1 Å². The summed E-state index contributed by atoms with van der Waals surface area (Å²) in [5.41, 5.74) is 0.272. The number of thiazole rings is 1. The van der Waals surface area contributed by atoms with Gasteiger partial charge in [0, 0.05) is 41.9 Å². The van der Waals surface area contributed by atoms with Crippen LogP contribution in [0.1, 0.15) is 28.2 Å². The maximum Gasteiger partial charge on any atom is 0.251 e. The van der Waals surface area contributed by atoms with E-state index in [9.17, 15) is 9.18 Å². The molecule has 1 unspecified atom stereocenters. The van der Waals surface area contributed by atoms with Gasteiger partial charge in [-0.05, 0) is 6.07 Å². The van der Waals surface area contributed by atoms with Crippen LogP contribution >= 0.6 is 11.3 Å². The Morgan fingerprint density at radius 1 is 1.50 bits per heavy atom. The molecule has 0 spiro atoms. The van der Waals surface area contributed by atoms with E-state index in [4.69, 9.17) is 0 Å². The van der Waals surface area contributed by atoms with Crippen molar-refractivity contribution in [2.45, 2.75) is 12.8 Å². The van der Waals surface area contributed by atoms with Gasteiger partial charge in [-0.15, -0.1) is 11.3 Å². The van der Waals surface area contributed by atoms with Crippen molar-refractivity contribution in [3.8, 4) is 0 Å². The standard InChI is InChI=1S/C12H12FN3OS/c1-8(12-15-4-5-18-12)7-16-11(17)9-2-3-14-10(13)6-9/h2-6,8H,7H2,1H3,(H,16,17). The quantitative estimate of drug-likeness (QED) is 0.862. The van der Waals surface area contributed by atoms with E-state index in [1.807, 2.05) is 12.3 Å². The third-order valence-corrected chi connectivity index (χ3v) is 3.44. The van der Waals surface area contributed by atoms with Gasteiger partial charge in [-0.1, -0.05) is 6.92 Å². The van der Waals surface area contributed by atoms with Crippen LogP contribution in [0.25, 0.3) is 0 Å². The smallest absolute Gasteiger partial charge is 0.251 e. The van der Waals surface area contributed by atoms with Crippen LogP contribution in [0.15, 0.2) is 29.9 Å². The summed E-state index contributed by atoms with van der Waals surface area (Å²) in [6.07, 6.45) is 3.01. The number of aromatic nitrogens is 2. The molecule has 0 aromatic carbocycles. The van der Waals surface area contributed by atoms with Crippen molar-refractivity contribution in [3.05, 3.63) is 46.4 Å². The number of nitrogens with one attached hydrogen (secondary N) is 1. The summed E-state index contributed by atoms with van der Waals surface area (Å²) in [4.78, 5) is 19.3. The van der Waals surface area contributed by atoms with Gasteiger partial charge in [0.2, 0.25) is 5.95 Å². The molecule has 94 valence electrons. The summed E-state index contributed by atoms with van der Waals surface area (Å²) < 4.78 is 12.9. The fourth-order valence-electron chi connectivity index (χ4n) is 1.46. The Balaban J connectivity index is 1.92. The lowest BCUT2D eigenvalue weighted by molar-refractivity contribution is 0.0951. The molecule has 0 bridgehead atoms. The molecule has 2 rings (SSSR count). The van der Waals surface area contributed by atoms with E-state index >= 15 is 0 Å². The second kappa shape index (κ2) is 5.68. The lowest BCUT2D eigenvalue weighted by Gasteiger charge is -2.09. The molecule has 0 aliphatic heterocycles. The summed E-state index contributed by atoms with van der Waals surface area (Å²) in [6, 6.07) is 2.59. The van der Waals surface area contributed by atoms with Gasteiger partial charge in [-0.3, -0.25) is 4.79 Å². The van der Waals surface area contributed by atoms with Gasteiger partial charge < -0.3 is 5.32 Å². The van der Waals surface area contributed by atoms with Gasteiger partial charge in [0.05, 0.1) is 5.01 Å². The fraction of sp³-hybridized carbons (Fsp3) is 0.250. The van der Waals surface area contributed by atoms with Gasteiger partial charge in [-0.2, -0.15) is 4.39 Å². The summed E-state index contributed by atoms with van der Waals surface area (Å²) in [5.74, 6) is -0.823. The Kier molecular flexibility index (Phi) is 3.99. The van der Waals surface area contributed by atoms with Gasteiger partial charge in [0.15, 0.2) is 0 Å². The molecule has 0 saturated heterocycles. The molecule has 2 aromatic rings. The predicted molar refractivity (Wildman–Crippen MR) is 67.1 cm³/mol. The molecule has 0 saturated carbocycles. The van der Waals surface area contributed by atoms with Crippen LogP contribution in [0, 0.1) is 5.95 Å². The van der Waals surface area contributed by atoms with E-state index in [2.05, 4.69) is 15.3 Å². The zero-order valence-corrected chi connectivity index (χ0v) is 10.6. The average molecular weight is 265 g/mol. The highest BCUT2D eigenvalue weighted by molar-refractivity contribution is 7.09. The number of pyridine rings is 1. The first-order valence-electron chi connectivity index (χ1n) is 5.46. The number of hydrogen-bond acceptors (Lipinski definition) is 4. The number of carbonyl (C=O) groups is 1. The van der Waals surface area contributed by atoms with E-state index in [-0.39, 0.29) is 17.4 Å². The van der Waals surface area contributed by atoms with Crippen LogP contribution in [0.4, 0.5) is 4.39 Å². The minimum Gasteiger partial charge on any atom is -0.351 e. The molecule has 4 nitrogen and oxygen atoms in total. The number of hydrogen-bond donors (Lipinski definition) is 1. The van der Waals surface area contributed by atoms with E-state index < -0.39 is 5.95 Å². The molecule has 1 amide bonds. The van der Waals surface area contributed by atoms with Gasteiger partial charge in [-0.25, -0.2) is 9.97 Å². The van der Waals surface area contributed by atoms with Crippen LogP contribution in [0.3, 0.4) is 0 Å². The SMILES string of the molecule is CC(CNC(=O)c1ccnc(F)c1)c1nccs1. The number of carbonyl (C=O) groups excluding carboxylic acids is 1. The maximum atomic E-state index is 12.9. The molecule has 18 heavy (non-hydrogen) atoms. The van der Waals surface area contributed by atoms with Crippen molar-refractivity contribution in [2.75, 3.05) is 6.54 Å². The largest absolute Gasteiger partial charge is 0.351 e. The van der Waals surface area contributed by atoms with E-state index in [0.29, 0.717) is 6.54 Å². The molecule has 1 atom stereocenters. The Hall–Kier alpha value is -1.82. The van der Waals surface area contributed by atoms with Gasteiger partial charge in [0.25, 0.3) is 5.91 Å². The van der Waals surface area contributed by atoms with E-state index in [1.165, 1.54) is 12.3 Å². The van der Waals surface area contributed by atoms with Gasteiger partial charge in [0.1, 0.15) is 0 Å². The highest BCUT2D eigenvalue weighted by Crippen LogP contribution is 2.16. The van der Waals surface area contributed by atoms with Crippen LogP contribution in [-0.4, -0.2) is 22.4 Å². The lowest BCUT2D eigenvalue weighted by Crippen LogP contribution is -2.27. The Morgan fingerprint density at radius 2 is 2.33 bits per heavy atom. The minimum absolute atomic E-state index is 0.139. The Labute approximate surface area is 108 Å². The lowest BCUT2D eigenvalue weighted by atomic mass is 10.2. The predicted octanol–water partition coefficient (Wildman–Crippen LogP) is 2.21. The molecule has 0 aliphatic rings. The minimum atomic E-state index is -0.657. The molecule has 1 N–H and O–H groups in total. The first-order chi connectivity index (χ1) is 8.66. The molecular weight excluding hydrogens is 253 g/mol. The van der Waals surface area contributed by atoms with E-state index in [1.54, 1.807) is 17.5 Å². The Bertz CT molecular complexity index is 530. The number of amides is 1. The zero-order valence-electron chi connectivity index (χ0n) is 9.76. The third kappa shape index (κ3) is 3.10. The Morgan fingerprint density at radius 3 is 3.00 bits per heavy atom. The van der Waals surface area contributed by atoms with Crippen molar-refractivity contribution in [2.24, 2.45) is 0 Å². The monoisotopic (exact) mass is 265 g/mol. The first kappa shape index (κ1) is 12.6. The van der Waals surface area contributed by atoms with Gasteiger partial charge >= 0.3 is 0 Å². The first-order valence-corrected chi connectivity index (χ1v) is 6.34. The number of nitrogens with zero attached hydrogens (tertiary/aromatic N) is 2. The average Bonchev–Trinajstić information content (AvgIpc) is 2.89. The number of halogens is 1. The molecule has 2 heterocycles. The van der Waals surface area contributed by atoms with Crippen molar-refractivity contribution >= 4 is 17.2 Å². The maximum absolute atomic E-state index is 12.9. The van der Waals surface area contributed by atoms with Crippen LogP contribution in [-0.2, 0) is 0 Å².